The second kappa shape index (κ2) is 9.79. The van der Waals surface area contributed by atoms with Gasteiger partial charge in [-0.25, -0.2) is 0 Å². The molecule has 0 atom stereocenters. The van der Waals surface area contributed by atoms with Gasteiger partial charge in [0.1, 0.15) is 0 Å². The highest BCUT2D eigenvalue weighted by Gasteiger charge is 2.35. The first kappa shape index (κ1) is 19.8. The number of carbonyl (C=O) groups excluding carboxylic acids is 1. The van der Waals surface area contributed by atoms with Gasteiger partial charge in [0.2, 0.25) is 5.91 Å². The fraction of sp³-hybridized carbons (Fsp3) is 0.952. The molecule has 140 valence electrons. The number of piperidine rings is 1. The predicted molar refractivity (Wildman–Crippen MR) is 102 cm³/mol. The average Bonchev–Trinajstić information content (AvgIpc) is 2.55. The Morgan fingerprint density at radius 3 is 1.83 bits per heavy atom. The standard InChI is InChI=1S/C13H23NO.C8H17N/c1-10(2)12-8-14(9-12)13(15)11-6-4-3-5-7-11;1-7(2)8-3-5-9-6-4-8/h10-12H,3-9H2,1-2H3;7-9H,3-6H2,1-2H3. The van der Waals surface area contributed by atoms with Crippen LogP contribution in [0.1, 0.15) is 72.6 Å². The van der Waals surface area contributed by atoms with Gasteiger partial charge >= 0.3 is 0 Å². The molecule has 24 heavy (non-hydrogen) atoms. The molecule has 3 heteroatoms. The first-order chi connectivity index (χ1) is 11.5. The van der Waals surface area contributed by atoms with Gasteiger partial charge in [-0.15, -0.1) is 0 Å². The fourth-order valence-corrected chi connectivity index (χ4v) is 4.23. The number of hydrogen-bond acceptors (Lipinski definition) is 2. The summed E-state index contributed by atoms with van der Waals surface area (Å²) in [5.41, 5.74) is 0. The highest BCUT2D eigenvalue weighted by molar-refractivity contribution is 5.79. The van der Waals surface area contributed by atoms with Crippen LogP contribution in [0.3, 0.4) is 0 Å². The molecular formula is C21H40N2O. The molecule has 0 aromatic carbocycles. The molecule has 1 amide bonds. The third kappa shape index (κ3) is 5.75. The van der Waals surface area contributed by atoms with Crippen molar-refractivity contribution in [3.8, 4) is 0 Å². The van der Waals surface area contributed by atoms with Gasteiger partial charge in [0.15, 0.2) is 0 Å². The zero-order valence-electron chi connectivity index (χ0n) is 16.5. The molecule has 3 aliphatic rings. The van der Waals surface area contributed by atoms with E-state index in [0.717, 1.165) is 49.6 Å². The molecule has 1 aliphatic carbocycles. The maximum atomic E-state index is 12.1. The molecule has 0 aromatic heterocycles. The number of nitrogens with one attached hydrogen (secondary N) is 1. The minimum absolute atomic E-state index is 0.367. The van der Waals surface area contributed by atoms with Crippen LogP contribution in [-0.2, 0) is 4.79 Å². The van der Waals surface area contributed by atoms with Crippen molar-refractivity contribution in [2.24, 2.45) is 29.6 Å². The number of likely N-dealkylation sites (tertiary alicyclic amines) is 1. The Hall–Kier alpha value is -0.570. The van der Waals surface area contributed by atoms with Crippen LogP contribution in [0, 0.1) is 29.6 Å². The quantitative estimate of drug-likeness (QED) is 0.832. The largest absolute Gasteiger partial charge is 0.342 e. The Bertz CT molecular complexity index is 362. The fourth-order valence-electron chi connectivity index (χ4n) is 4.23. The SMILES string of the molecule is CC(C)C1CCNCC1.CC(C)C1CN(C(=O)C2CCCCC2)C1. The van der Waals surface area contributed by atoms with Gasteiger partial charge < -0.3 is 10.2 Å². The first-order valence-corrected chi connectivity index (χ1v) is 10.5. The number of amides is 1. The summed E-state index contributed by atoms with van der Waals surface area (Å²) >= 11 is 0. The smallest absolute Gasteiger partial charge is 0.225 e. The minimum Gasteiger partial charge on any atom is -0.342 e. The van der Waals surface area contributed by atoms with Crippen LogP contribution in [-0.4, -0.2) is 37.0 Å². The van der Waals surface area contributed by atoms with Crippen LogP contribution >= 0.6 is 0 Å². The molecule has 0 unspecified atom stereocenters. The Balaban J connectivity index is 0.000000198. The maximum Gasteiger partial charge on any atom is 0.225 e. The van der Waals surface area contributed by atoms with Gasteiger partial charge in [-0.1, -0.05) is 47.0 Å². The van der Waals surface area contributed by atoms with Gasteiger partial charge in [-0.2, -0.15) is 0 Å². The lowest BCUT2D eigenvalue weighted by molar-refractivity contribution is -0.144. The summed E-state index contributed by atoms with van der Waals surface area (Å²) in [5, 5.41) is 3.37. The van der Waals surface area contributed by atoms with E-state index in [2.05, 4.69) is 37.9 Å². The van der Waals surface area contributed by atoms with Crippen LogP contribution in [0.2, 0.25) is 0 Å². The highest BCUT2D eigenvalue weighted by atomic mass is 16.2. The van der Waals surface area contributed by atoms with E-state index in [-0.39, 0.29) is 0 Å². The lowest BCUT2D eigenvalue weighted by Crippen LogP contribution is -2.53. The lowest BCUT2D eigenvalue weighted by Gasteiger charge is -2.43. The summed E-state index contributed by atoms with van der Waals surface area (Å²) in [7, 11) is 0. The van der Waals surface area contributed by atoms with E-state index >= 15 is 0 Å². The third-order valence-corrected chi connectivity index (χ3v) is 6.45. The van der Waals surface area contributed by atoms with Crippen LogP contribution in [0.15, 0.2) is 0 Å². The van der Waals surface area contributed by atoms with E-state index < -0.39 is 0 Å². The van der Waals surface area contributed by atoms with Gasteiger partial charge in [-0.3, -0.25) is 4.79 Å². The topological polar surface area (TPSA) is 32.3 Å². The van der Waals surface area contributed by atoms with Crippen molar-refractivity contribution in [3.63, 3.8) is 0 Å². The average molecular weight is 337 g/mol. The highest BCUT2D eigenvalue weighted by Crippen LogP contribution is 2.30. The summed E-state index contributed by atoms with van der Waals surface area (Å²) in [5.74, 6) is 4.20. The lowest BCUT2D eigenvalue weighted by atomic mass is 9.84. The number of hydrogen-bond donors (Lipinski definition) is 1. The summed E-state index contributed by atoms with van der Waals surface area (Å²) < 4.78 is 0. The molecule has 3 nitrogen and oxygen atoms in total. The van der Waals surface area contributed by atoms with Crippen LogP contribution < -0.4 is 5.32 Å². The molecular weight excluding hydrogens is 296 g/mol. The van der Waals surface area contributed by atoms with Crippen molar-refractivity contribution < 1.29 is 4.79 Å². The van der Waals surface area contributed by atoms with Gasteiger partial charge in [0.25, 0.3) is 0 Å². The Kier molecular flexibility index (Phi) is 8.06. The zero-order valence-corrected chi connectivity index (χ0v) is 16.5. The Morgan fingerprint density at radius 1 is 0.833 bits per heavy atom. The molecule has 2 heterocycles. The first-order valence-electron chi connectivity index (χ1n) is 10.5. The zero-order chi connectivity index (χ0) is 17.5. The molecule has 1 saturated carbocycles. The van der Waals surface area contributed by atoms with E-state index in [1.54, 1.807) is 0 Å². The summed E-state index contributed by atoms with van der Waals surface area (Å²) in [6, 6.07) is 0. The van der Waals surface area contributed by atoms with Crippen molar-refractivity contribution >= 4 is 5.91 Å². The monoisotopic (exact) mass is 336 g/mol. The second-order valence-corrected chi connectivity index (χ2v) is 8.91. The summed E-state index contributed by atoms with van der Waals surface area (Å²) in [6.07, 6.45) is 8.91. The molecule has 0 radical (unpaired) electrons. The molecule has 0 aromatic rings. The van der Waals surface area contributed by atoms with Crippen LogP contribution in [0.5, 0.6) is 0 Å². The molecule has 0 spiro atoms. The maximum absolute atomic E-state index is 12.1. The van der Waals surface area contributed by atoms with Crippen molar-refractivity contribution in [2.45, 2.75) is 72.6 Å². The van der Waals surface area contributed by atoms with E-state index in [4.69, 9.17) is 0 Å². The third-order valence-electron chi connectivity index (χ3n) is 6.45. The van der Waals surface area contributed by atoms with Crippen molar-refractivity contribution in [2.75, 3.05) is 26.2 Å². The van der Waals surface area contributed by atoms with E-state index in [1.807, 2.05) is 0 Å². The van der Waals surface area contributed by atoms with Crippen molar-refractivity contribution in [1.82, 2.24) is 10.2 Å². The number of rotatable bonds is 3. The van der Waals surface area contributed by atoms with Gasteiger partial charge in [-0.05, 0) is 62.4 Å². The van der Waals surface area contributed by atoms with Gasteiger partial charge in [0.05, 0.1) is 0 Å². The van der Waals surface area contributed by atoms with Crippen molar-refractivity contribution in [1.29, 1.82) is 0 Å². The number of nitrogens with zero attached hydrogens (tertiary/aromatic N) is 1. The molecule has 3 fully saturated rings. The van der Waals surface area contributed by atoms with E-state index in [1.165, 1.54) is 45.2 Å². The summed E-state index contributed by atoms with van der Waals surface area (Å²) in [4.78, 5) is 14.2. The summed E-state index contributed by atoms with van der Waals surface area (Å²) in [6.45, 7) is 13.7. The van der Waals surface area contributed by atoms with Crippen LogP contribution in [0.4, 0.5) is 0 Å². The number of carbonyl (C=O) groups is 1. The second-order valence-electron chi connectivity index (χ2n) is 8.91. The van der Waals surface area contributed by atoms with E-state index in [0.29, 0.717) is 11.8 Å². The normalized spacial score (nSPS) is 23.8. The van der Waals surface area contributed by atoms with Crippen LogP contribution in [0.25, 0.3) is 0 Å². The minimum atomic E-state index is 0.367. The van der Waals surface area contributed by atoms with E-state index in [9.17, 15) is 4.79 Å². The molecule has 2 saturated heterocycles. The molecule has 3 rings (SSSR count). The molecule has 1 N–H and O–H groups in total. The molecule has 2 aliphatic heterocycles. The Labute approximate surface area is 149 Å². The predicted octanol–water partition coefficient (Wildman–Crippen LogP) is 4.32. The van der Waals surface area contributed by atoms with Crippen molar-refractivity contribution in [3.05, 3.63) is 0 Å². The Morgan fingerprint density at radius 2 is 1.38 bits per heavy atom. The van der Waals surface area contributed by atoms with Gasteiger partial charge in [0, 0.05) is 19.0 Å². The molecule has 0 bridgehead atoms.